The summed E-state index contributed by atoms with van der Waals surface area (Å²) in [6, 6.07) is 5.72. The van der Waals surface area contributed by atoms with Gasteiger partial charge in [0.2, 0.25) is 0 Å². The van der Waals surface area contributed by atoms with Crippen molar-refractivity contribution in [2.75, 3.05) is 13.1 Å². The summed E-state index contributed by atoms with van der Waals surface area (Å²) in [6.07, 6.45) is 0. The van der Waals surface area contributed by atoms with E-state index in [1.54, 1.807) is 18.2 Å². The molecule has 1 N–H and O–H groups in total. The van der Waals surface area contributed by atoms with Gasteiger partial charge in [-0.3, -0.25) is 4.79 Å². The average molecular weight is 287 g/mol. The van der Waals surface area contributed by atoms with Crippen LogP contribution < -0.4 is 5.32 Å². The molecular weight excluding hydrogens is 271 g/mol. The van der Waals surface area contributed by atoms with Gasteiger partial charge in [-0.1, -0.05) is 29.3 Å². The van der Waals surface area contributed by atoms with Crippen LogP contribution in [0.2, 0.25) is 10.0 Å². The van der Waals surface area contributed by atoms with Crippen LogP contribution in [0.1, 0.15) is 24.2 Å². The van der Waals surface area contributed by atoms with E-state index in [4.69, 9.17) is 23.2 Å². The lowest BCUT2D eigenvalue weighted by atomic mass is 10.1. The average Bonchev–Trinajstić information content (AvgIpc) is 2.30. The first kappa shape index (κ1) is 13.7. The first-order valence-electron chi connectivity index (χ1n) is 5.98. The number of amides is 1. The third-order valence-corrected chi connectivity index (χ3v) is 3.85. The monoisotopic (exact) mass is 286 g/mol. The smallest absolute Gasteiger partial charge is 0.255 e. The SMILES string of the molecule is CC1CN(C(=O)c2cccc(Cl)c2Cl)CC(C)N1. The molecule has 98 valence electrons. The zero-order chi connectivity index (χ0) is 13.3. The molecule has 1 aromatic rings. The second kappa shape index (κ2) is 5.47. The fraction of sp³-hybridized carbons (Fsp3) is 0.462. The van der Waals surface area contributed by atoms with Crippen LogP contribution in [0.4, 0.5) is 0 Å². The Morgan fingerprint density at radius 2 is 1.89 bits per heavy atom. The summed E-state index contributed by atoms with van der Waals surface area (Å²) >= 11 is 12.0. The second-order valence-corrected chi connectivity index (χ2v) is 5.57. The van der Waals surface area contributed by atoms with E-state index in [0.29, 0.717) is 28.7 Å². The molecule has 0 saturated carbocycles. The van der Waals surface area contributed by atoms with Crippen molar-refractivity contribution in [2.45, 2.75) is 25.9 Å². The van der Waals surface area contributed by atoms with Crippen molar-refractivity contribution in [3.8, 4) is 0 Å². The van der Waals surface area contributed by atoms with Gasteiger partial charge in [0.05, 0.1) is 15.6 Å². The molecule has 1 amide bonds. The van der Waals surface area contributed by atoms with Crippen molar-refractivity contribution in [1.29, 1.82) is 0 Å². The number of benzene rings is 1. The summed E-state index contributed by atoms with van der Waals surface area (Å²) in [4.78, 5) is 14.2. The van der Waals surface area contributed by atoms with E-state index in [1.807, 2.05) is 4.90 Å². The Morgan fingerprint density at radius 1 is 1.28 bits per heavy atom. The summed E-state index contributed by atoms with van der Waals surface area (Å²) in [5.41, 5.74) is 0.477. The van der Waals surface area contributed by atoms with Gasteiger partial charge in [-0.25, -0.2) is 0 Å². The molecule has 0 spiro atoms. The zero-order valence-electron chi connectivity index (χ0n) is 10.4. The minimum Gasteiger partial charge on any atom is -0.335 e. The van der Waals surface area contributed by atoms with Gasteiger partial charge in [0.1, 0.15) is 0 Å². The first-order valence-corrected chi connectivity index (χ1v) is 6.74. The Morgan fingerprint density at radius 3 is 2.50 bits per heavy atom. The lowest BCUT2D eigenvalue weighted by Gasteiger charge is -2.36. The molecular formula is C13H16Cl2N2O. The molecule has 2 rings (SSSR count). The highest BCUT2D eigenvalue weighted by Gasteiger charge is 2.26. The molecule has 1 saturated heterocycles. The molecule has 1 aliphatic rings. The number of halogens is 2. The number of nitrogens with zero attached hydrogens (tertiary/aromatic N) is 1. The Hall–Kier alpha value is -0.770. The summed E-state index contributed by atoms with van der Waals surface area (Å²) in [5.74, 6) is -0.0531. The number of hydrogen-bond acceptors (Lipinski definition) is 2. The fourth-order valence-electron chi connectivity index (χ4n) is 2.33. The Bertz CT molecular complexity index is 454. The van der Waals surface area contributed by atoms with Gasteiger partial charge >= 0.3 is 0 Å². The molecule has 1 heterocycles. The third kappa shape index (κ3) is 2.79. The number of nitrogens with one attached hydrogen (secondary N) is 1. The summed E-state index contributed by atoms with van der Waals surface area (Å²) in [7, 11) is 0. The molecule has 2 unspecified atom stereocenters. The number of piperazine rings is 1. The van der Waals surface area contributed by atoms with Gasteiger partial charge in [-0.05, 0) is 26.0 Å². The van der Waals surface area contributed by atoms with Gasteiger partial charge in [0, 0.05) is 25.2 Å². The van der Waals surface area contributed by atoms with Crippen molar-refractivity contribution >= 4 is 29.1 Å². The Kier molecular flexibility index (Phi) is 4.15. The summed E-state index contributed by atoms with van der Waals surface area (Å²) in [6.45, 7) is 5.50. The molecule has 5 heteroatoms. The van der Waals surface area contributed by atoms with E-state index >= 15 is 0 Å². The topological polar surface area (TPSA) is 32.3 Å². The maximum atomic E-state index is 12.4. The summed E-state index contributed by atoms with van der Waals surface area (Å²) in [5, 5.41) is 4.14. The van der Waals surface area contributed by atoms with Gasteiger partial charge in [-0.2, -0.15) is 0 Å². The third-order valence-electron chi connectivity index (χ3n) is 3.03. The molecule has 3 nitrogen and oxygen atoms in total. The zero-order valence-corrected chi connectivity index (χ0v) is 11.9. The molecule has 1 fully saturated rings. The predicted octanol–water partition coefficient (Wildman–Crippen LogP) is 2.82. The fourth-order valence-corrected chi connectivity index (χ4v) is 2.71. The van der Waals surface area contributed by atoms with Crippen molar-refractivity contribution in [1.82, 2.24) is 10.2 Å². The first-order chi connectivity index (χ1) is 8.49. The molecule has 2 atom stereocenters. The van der Waals surface area contributed by atoms with Crippen molar-refractivity contribution in [2.24, 2.45) is 0 Å². The van der Waals surface area contributed by atoms with E-state index in [9.17, 15) is 4.79 Å². The molecule has 0 radical (unpaired) electrons. The van der Waals surface area contributed by atoms with Gasteiger partial charge in [-0.15, -0.1) is 0 Å². The summed E-state index contributed by atoms with van der Waals surface area (Å²) < 4.78 is 0. The van der Waals surface area contributed by atoms with Crippen LogP contribution in [0.15, 0.2) is 18.2 Å². The van der Waals surface area contributed by atoms with Crippen LogP contribution in [0.5, 0.6) is 0 Å². The van der Waals surface area contributed by atoms with Gasteiger partial charge in [0.15, 0.2) is 0 Å². The van der Waals surface area contributed by atoms with Crippen LogP contribution in [0.25, 0.3) is 0 Å². The number of carbonyl (C=O) groups is 1. The van der Waals surface area contributed by atoms with Crippen LogP contribution in [-0.2, 0) is 0 Å². The van der Waals surface area contributed by atoms with E-state index in [0.717, 1.165) is 0 Å². The van der Waals surface area contributed by atoms with Crippen LogP contribution >= 0.6 is 23.2 Å². The molecule has 1 aliphatic heterocycles. The Labute approximate surface area is 117 Å². The van der Waals surface area contributed by atoms with E-state index in [1.165, 1.54) is 0 Å². The van der Waals surface area contributed by atoms with Crippen LogP contribution in [0, 0.1) is 0 Å². The highest BCUT2D eigenvalue weighted by molar-refractivity contribution is 6.43. The number of hydrogen-bond donors (Lipinski definition) is 1. The van der Waals surface area contributed by atoms with Crippen molar-refractivity contribution < 1.29 is 4.79 Å². The molecule has 1 aromatic carbocycles. The number of rotatable bonds is 1. The standard InChI is InChI=1S/C13H16Cl2N2O/c1-8-6-17(7-9(2)16-8)13(18)10-4-3-5-11(14)12(10)15/h3-5,8-9,16H,6-7H2,1-2H3. The van der Waals surface area contributed by atoms with Gasteiger partial charge < -0.3 is 10.2 Å². The van der Waals surface area contributed by atoms with Crippen LogP contribution in [-0.4, -0.2) is 36.0 Å². The molecule has 18 heavy (non-hydrogen) atoms. The van der Waals surface area contributed by atoms with Crippen LogP contribution in [0.3, 0.4) is 0 Å². The molecule has 0 aromatic heterocycles. The lowest BCUT2D eigenvalue weighted by Crippen LogP contribution is -2.55. The minimum absolute atomic E-state index is 0.0531. The minimum atomic E-state index is -0.0531. The highest BCUT2D eigenvalue weighted by Crippen LogP contribution is 2.26. The lowest BCUT2D eigenvalue weighted by molar-refractivity contribution is 0.0674. The van der Waals surface area contributed by atoms with Crippen molar-refractivity contribution in [3.63, 3.8) is 0 Å². The second-order valence-electron chi connectivity index (χ2n) is 4.78. The molecule has 0 bridgehead atoms. The quantitative estimate of drug-likeness (QED) is 0.861. The van der Waals surface area contributed by atoms with Gasteiger partial charge in [0.25, 0.3) is 5.91 Å². The largest absolute Gasteiger partial charge is 0.335 e. The van der Waals surface area contributed by atoms with Crippen molar-refractivity contribution in [3.05, 3.63) is 33.8 Å². The Balaban J connectivity index is 2.23. The molecule has 0 aliphatic carbocycles. The van der Waals surface area contributed by atoms with E-state index < -0.39 is 0 Å². The highest BCUT2D eigenvalue weighted by atomic mass is 35.5. The normalized spacial score (nSPS) is 24.1. The van der Waals surface area contributed by atoms with E-state index in [-0.39, 0.29) is 18.0 Å². The maximum absolute atomic E-state index is 12.4. The maximum Gasteiger partial charge on any atom is 0.255 e. The predicted molar refractivity (Wildman–Crippen MR) is 74.4 cm³/mol. The number of carbonyl (C=O) groups excluding carboxylic acids is 1. The van der Waals surface area contributed by atoms with E-state index in [2.05, 4.69) is 19.2 Å².